The van der Waals surface area contributed by atoms with E-state index in [-0.39, 0.29) is 5.56 Å². The van der Waals surface area contributed by atoms with Gasteiger partial charge in [-0.05, 0) is 6.26 Å². The van der Waals surface area contributed by atoms with E-state index in [9.17, 15) is 4.79 Å². The Kier molecular flexibility index (Phi) is 2.27. The van der Waals surface area contributed by atoms with E-state index in [1.165, 1.54) is 29.4 Å². The third-order valence-corrected chi connectivity index (χ3v) is 4.04. The number of nitriles is 1. The number of fused-ring (bicyclic) bond motifs is 1. The highest BCUT2D eigenvalue weighted by atomic mass is 32.2. The van der Waals surface area contributed by atoms with E-state index in [1.807, 2.05) is 6.26 Å². The summed E-state index contributed by atoms with van der Waals surface area (Å²) in [6, 6.07) is 2.07. The lowest BCUT2D eigenvalue weighted by atomic mass is 10.3. The van der Waals surface area contributed by atoms with Gasteiger partial charge in [0, 0.05) is 0 Å². The van der Waals surface area contributed by atoms with Gasteiger partial charge in [-0.15, -0.1) is 23.1 Å². The van der Waals surface area contributed by atoms with Crippen LogP contribution >= 0.6 is 23.1 Å². The fourth-order valence-electron chi connectivity index (χ4n) is 1.14. The van der Waals surface area contributed by atoms with Crippen molar-refractivity contribution in [2.24, 2.45) is 0 Å². The van der Waals surface area contributed by atoms with Crippen LogP contribution in [0.1, 0.15) is 5.56 Å². The molecule has 0 spiro atoms. The van der Waals surface area contributed by atoms with Crippen LogP contribution in [0.4, 0.5) is 0 Å². The quantitative estimate of drug-likeness (QED) is 0.745. The van der Waals surface area contributed by atoms with Gasteiger partial charge in [0.1, 0.15) is 21.8 Å². The molecule has 0 aliphatic carbocycles. The van der Waals surface area contributed by atoms with E-state index >= 15 is 0 Å². The molecule has 2 rings (SSSR count). The topological polar surface area (TPSA) is 69.5 Å². The van der Waals surface area contributed by atoms with Crippen LogP contribution < -0.4 is 5.56 Å². The van der Waals surface area contributed by atoms with Gasteiger partial charge in [0.15, 0.2) is 0 Å². The first-order valence-electron chi connectivity index (χ1n) is 3.72. The zero-order chi connectivity index (χ0) is 10.1. The SMILES string of the molecule is CSc1sc2c(=O)[nH]cnc2c1C#N. The summed E-state index contributed by atoms with van der Waals surface area (Å²) in [4.78, 5) is 17.9. The summed E-state index contributed by atoms with van der Waals surface area (Å²) in [5, 5.41) is 8.92. The van der Waals surface area contributed by atoms with E-state index in [1.54, 1.807) is 0 Å². The molecule has 2 aromatic heterocycles. The van der Waals surface area contributed by atoms with Crippen molar-refractivity contribution in [1.29, 1.82) is 5.26 Å². The van der Waals surface area contributed by atoms with Gasteiger partial charge in [0.2, 0.25) is 0 Å². The van der Waals surface area contributed by atoms with Crippen LogP contribution in [0.3, 0.4) is 0 Å². The molecule has 2 heterocycles. The molecule has 0 saturated carbocycles. The van der Waals surface area contributed by atoms with Crippen molar-refractivity contribution < 1.29 is 0 Å². The number of aromatic nitrogens is 2. The van der Waals surface area contributed by atoms with E-state index in [2.05, 4.69) is 16.0 Å². The molecular formula is C8H5N3OS2. The first-order valence-corrected chi connectivity index (χ1v) is 5.76. The Hall–Kier alpha value is -1.32. The Labute approximate surface area is 87.6 Å². The van der Waals surface area contributed by atoms with Crippen molar-refractivity contribution in [3.05, 3.63) is 22.2 Å². The van der Waals surface area contributed by atoms with Crippen LogP contribution in [0.15, 0.2) is 15.3 Å². The number of hydrogen-bond acceptors (Lipinski definition) is 5. The van der Waals surface area contributed by atoms with Crippen LogP contribution in [-0.2, 0) is 0 Å². The summed E-state index contributed by atoms with van der Waals surface area (Å²) < 4.78 is 1.36. The molecule has 0 bridgehead atoms. The summed E-state index contributed by atoms with van der Waals surface area (Å²) >= 11 is 2.77. The van der Waals surface area contributed by atoms with Gasteiger partial charge in [-0.2, -0.15) is 5.26 Å². The second kappa shape index (κ2) is 3.44. The standard InChI is InChI=1S/C8H5N3OS2/c1-13-8-4(2-9)5-6(14-8)7(12)11-3-10-5/h3H,1H3,(H,10,11,12). The van der Waals surface area contributed by atoms with Crippen LogP contribution in [0.5, 0.6) is 0 Å². The van der Waals surface area contributed by atoms with Crippen LogP contribution in [0.2, 0.25) is 0 Å². The summed E-state index contributed by atoms with van der Waals surface area (Å²) in [7, 11) is 0. The maximum Gasteiger partial charge on any atom is 0.268 e. The minimum Gasteiger partial charge on any atom is -0.312 e. The average molecular weight is 223 g/mol. The zero-order valence-electron chi connectivity index (χ0n) is 7.20. The Bertz CT molecular complexity index is 578. The number of nitrogens with zero attached hydrogens (tertiary/aromatic N) is 2. The molecule has 6 heteroatoms. The van der Waals surface area contributed by atoms with E-state index in [0.29, 0.717) is 15.8 Å². The second-order valence-corrected chi connectivity index (χ2v) is 4.59. The molecule has 0 unspecified atom stereocenters. The predicted molar refractivity (Wildman–Crippen MR) is 56.7 cm³/mol. The maximum absolute atomic E-state index is 11.4. The van der Waals surface area contributed by atoms with Crippen molar-refractivity contribution in [3.63, 3.8) is 0 Å². The van der Waals surface area contributed by atoms with E-state index in [0.717, 1.165) is 4.21 Å². The molecule has 0 aliphatic rings. The third kappa shape index (κ3) is 1.22. The van der Waals surface area contributed by atoms with E-state index < -0.39 is 0 Å². The van der Waals surface area contributed by atoms with Gasteiger partial charge in [-0.1, -0.05) is 0 Å². The minimum absolute atomic E-state index is 0.184. The number of thioether (sulfide) groups is 1. The number of hydrogen-bond donors (Lipinski definition) is 1. The second-order valence-electron chi connectivity index (χ2n) is 2.49. The Morgan fingerprint density at radius 1 is 1.71 bits per heavy atom. The van der Waals surface area contributed by atoms with Crippen LogP contribution in [0, 0.1) is 11.3 Å². The van der Waals surface area contributed by atoms with Crippen molar-refractivity contribution in [1.82, 2.24) is 9.97 Å². The first kappa shape index (κ1) is 9.24. The first-order chi connectivity index (χ1) is 6.77. The minimum atomic E-state index is -0.184. The molecule has 70 valence electrons. The molecule has 0 saturated heterocycles. The number of nitrogens with one attached hydrogen (secondary N) is 1. The molecule has 1 N–H and O–H groups in total. The Balaban J connectivity index is 2.95. The summed E-state index contributed by atoms with van der Waals surface area (Å²) in [6.07, 6.45) is 3.20. The fourth-order valence-corrected chi connectivity index (χ4v) is 2.91. The van der Waals surface area contributed by atoms with Crippen molar-refractivity contribution >= 4 is 33.3 Å². The van der Waals surface area contributed by atoms with Gasteiger partial charge < -0.3 is 4.98 Å². The summed E-state index contributed by atoms with van der Waals surface area (Å²) in [5.74, 6) is 0. The lowest BCUT2D eigenvalue weighted by Crippen LogP contribution is -2.03. The summed E-state index contributed by atoms with van der Waals surface area (Å²) in [5.41, 5.74) is 0.825. The van der Waals surface area contributed by atoms with Crippen LogP contribution in [0.25, 0.3) is 10.2 Å². The highest BCUT2D eigenvalue weighted by molar-refractivity contribution is 8.00. The van der Waals surface area contributed by atoms with Gasteiger partial charge >= 0.3 is 0 Å². The molecule has 4 nitrogen and oxygen atoms in total. The molecule has 2 aromatic rings. The van der Waals surface area contributed by atoms with Crippen LogP contribution in [-0.4, -0.2) is 16.2 Å². The van der Waals surface area contributed by atoms with Crippen molar-refractivity contribution in [2.45, 2.75) is 4.21 Å². The average Bonchev–Trinajstić information content (AvgIpc) is 2.57. The number of aromatic amines is 1. The van der Waals surface area contributed by atoms with Gasteiger partial charge in [-0.3, -0.25) is 4.79 Å². The van der Waals surface area contributed by atoms with Gasteiger partial charge in [0.05, 0.1) is 10.5 Å². The molecular weight excluding hydrogens is 218 g/mol. The fraction of sp³-hybridized carbons (Fsp3) is 0.125. The number of rotatable bonds is 1. The zero-order valence-corrected chi connectivity index (χ0v) is 8.83. The predicted octanol–water partition coefficient (Wildman–Crippen LogP) is 1.58. The lowest BCUT2D eigenvalue weighted by Gasteiger charge is -1.87. The molecule has 0 radical (unpaired) electrons. The summed E-state index contributed by atoms with van der Waals surface area (Å²) in [6.45, 7) is 0. The Morgan fingerprint density at radius 2 is 2.50 bits per heavy atom. The lowest BCUT2D eigenvalue weighted by molar-refractivity contribution is 1.18. The molecule has 0 aromatic carbocycles. The molecule has 0 atom stereocenters. The molecule has 0 fully saturated rings. The molecule has 14 heavy (non-hydrogen) atoms. The highest BCUT2D eigenvalue weighted by Crippen LogP contribution is 2.33. The number of thiophene rings is 1. The van der Waals surface area contributed by atoms with Crippen molar-refractivity contribution in [3.8, 4) is 6.07 Å². The largest absolute Gasteiger partial charge is 0.312 e. The van der Waals surface area contributed by atoms with Crippen molar-refractivity contribution in [2.75, 3.05) is 6.26 Å². The molecule has 0 amide bonds. The molecule has 0 aliphatic heterocycles. The third-order valence-electron chi connectivity index (χ3n) is 1.74. The monoisotopic (exact) mass is 223 g/mol. The smallest absolute Gasteiger partial charge is 0.268 e. The highest BCUT2D eigenvalue weighted by Gasteiger charge is 2.14. The van der Waals surface area contributed by atoms with Gasteiger partial charge in [-0.25, -0.2) is 4.98 Å². The Morgan fingerprint density at radius 3 is 3.14 bits per heavy atom. The van der Waals surface area contributed by atoms with Gasteiger partial charge in [0.25, 0.3) is 5.56 Å². The maximum atomic E-state index is 11.4. The number of H-pyrrole nitrogens is 1. The van der Waals surface area contributed by atoms with E-state index in [4.69, 9.17) is 5.26 Å². The normalized spacial score (nSPS) is 10.3.